The third-order valence-electron chi connectivity index (χ3n) is 3.30. The summed E-state index contributed by atoms with van der Waals surface area (Å²) < 4.78 is 0. The summed E-state index contributed by atoms with van der Waals surface area (Å²) in [7, 11) is 0. The topological polar surface area (TPSA) is 80.0 Å². The Kier molecular flexibility index (Phi) is 4.70. The van der Waals surface area contributed by atoms with Gasteiger partial charge in [0, 0.05) is 6.04 Å². The highest BCUT2D eigenvalue weighted by Crippen LogP contribution is 2.11. The van der Waals surface area contributed by atoms with E-state index in [9.17, 15) is 9.90 Å². The minimum absolute atomic E-state index is 0.0496. The Labute approximate surface area is 123 Å². The molecule has 0 aliphatic carbocycles. The number of carbonyl (C=O) groups is 1. The van der Waals surface area contributed by atoms with Crippen LogP contribution in [0, 0.1) is 6.92 Å². The molecule has 2 aromatic rings. The van der Waals surface area contributed by atoms with Crippen LogP contribution in [0.3, 0.4) is 0 Å². The maximum Gasteiger partial charge on any atom is 0.274 e. The molecule has 0 saturated carbocycles. The summed E-state index contributed by atoms with van der Waals surface area (Å²) >= 11 is 0. The standard InChI is InChI=1S/C15H20N4O2/c1-4-11(3)16-15(21)14-13(9-20)17-19(18-14)12-7-5-10(2)6-8-12/h5-8,11,20H,4,9H2,1-3H3,(H,16,21). The number of aliphatic hydroxyl groups is 1. The van der Waals surface area contributed by atoms with Gasteiger partial charge in [-0.25, -0.2) is 0 Å². The molecular weight excluding hydrogens is 268 g/mol. The lowest BCUT2D eigenvalue weighted by Gasteiger charge is -2.09. The predicted octanol–water partition coefficient (Wildman–Crippen LogP) is 1.60. The molecule has 0 fully saturated rings. The van der Waals surface area contributed by atoms with Crippen molar-refractivity contribution in [3.8, 4) is 5.69 Å². The normalized spacial score (nSPS) is 12.2. The number of aromatic nitrogens is 3. The average Bonchev–Trinajstić information content (AvgIpc) is 2.92. The molecule has 1 aromatic carbocycles. The van der Waals surface area contributed by atoms with Crippen LogP contribution < -0.4 is 5.32 Å². The van der Waals surface area contributed by atoms with Crippen molar-refractivity contribution in [3.05, 3.63) is 41.2 Å². The first-order valence-electron chi connectivity index (χ1n) is 7.00. The Hall–Kier alpha value is -2.21. The lowest BCUT2D eigenvalue weighted by Crippen LogP contribution is -2.32. The van der Waals surface area contributed by atoms with Crippen molar-refractivity contribution >= 4 is 5.91 Å². The smallest absolute Gasteiger partial charge is 0.274 e. The van der Waals surface area contributed by atoms with Crippen LogP contribution in [0.5, 0.6) is 0 Å². The molecule has 6 heteroatoms. The van der Waals surface area contributed by atoms with Crippen LogP contribution in [0.15, 0.2) is 24.3 Å². The van der Waals surface area contributed by atoms with Crippen LogP contribution in [0.4, 0.5) is 0 Å². The summed E-state index contributed by atoms with van der Waals surface area (Å²) in [5.74, 6) is -0.313. The summed E-state index contributed by atoms with van der Waals surface area (Å²) in [6, 6.07) is 7.67. The van der Waals surface area contributed by atoms with Gasteiger partial charge >= 0.3 is 0 Å². The number of nitrogens with one attached hydrogen (secondary N) is 1. The van der Waals surface area contributed by atoms with Gasteiger partial charge in [0.05, 0.1) is 12.3 Å². The predicted molar refractivity (Wildman–Crippen MR) is 79.2 cm³/mol. The zero-order valence-corrected chi connectivity index (χ0v) is 12.5. The lowest BCUT2D eigenvalue weighted by molar-refractivity contribution is 0.0930. The molecule has 1 amide bonds. The summed E-state index contributed by atoms with van der Waals surface area (Å²) in [5.41, 5.74) is 2.32. The van der Waals surface area contributed by atoms with E-state index in [0.29, 0.717) is 0 Å². The van der Waals surface area contributed by atoms with Crippen LogP contribution in [0.2, 0.25) is 0 Å². The van der Waals surface area contributed by atoms with Crippen molar-refractivity contribution in [1.82, 2.24) is 20.3 Å². The third-order valence-corrected chi connectivity index (χ3v) is 3.30. The minimum atomic E-state index is -0.324. The Morgan fingerprint density at radius 3 is 2.57 bits per heavy atom. The van der Waals surface area contributed by atoms with E-state index in [0.717, 1.165) is 17.7 Å². The summed E-state index contributed by atoms with van der Waals surface area (Å²) in [6.07, 6.45) is 0.826. The molecule has 0 aliphatic heterocycles. The average molecular weight is 288 g/mol. The quantitative estimate of drug-likeness (QED) is 0.875. The highest BCUT2D eigenvalue weighted by Gasteiger charge is 2.19. The molecule has 6 nitrogen and oxygen atoms in total. The monoisotopic (exact) mass is 288 g/mol. The largest absolute Gasteiger partial charge is 0.390 e. The summed E-state index contributed by atoms with van der Waals surface area (Å²) in [6.45, 7) is 5.57. The van der Waals surface area contributed by atoms with Gasteiger partial charge in [-0.05, 0) is 32.4 Å². The van der Waals surface area contributed by atoms with Crippen molar-refractivity contribution in [3.63, 3.8) is 0 Å². The number of hydrogen-bond acceptors (Lipinski definition) is 4. The number of hydrogen-bond donors (Lipinski definition) is 2. The number of carbonyl (C=O) groups excluding carboxylic acids is 1. The number of aryl methyl sites for hydroxylation is 1. The fourth-order valence-electron chi connectivity index (χ4n) is 1.81. The summed E-state index contributed by atoms with van der Waals surface area (Å²) in [5, 5.41) is 20.6. The van der Waals surface area contributed by atoms with E-state index in [1.165, 1.54) is 4.80 Å². The number of benzene rings is 1. The Bertz CT molecular complexity index is 619. The Morgan fingerprint density at radius 2 is 2.00 bits per heavy atom. The molecule has 0 saturated heterocycles. The fourth-order valence-corrected chi connectivity index (χ4v) is 1.81. The van der Waals surface area contributed by atoms with Crippen LogP contribution in [0.25, 0.3) is 5.69 Å². The third kappa shape index (κ3) is 3.46. The molecule has 2 rings (SSSR count). The number of rotatable bonds is 5. The first kappa shape index (κ1) is 15.2. The van der Waals surface area contributed by atoms with Crippen LogP contribution in [-0.4, -0.2) is 32.0 Å². The van der Waals surface area contributed by atoms with Gasteiger partial charge < -0.3 is 10.4 Å². The zero-order valence-electron chi connectivity index (χ0n) is 12.5. The molecule has 0 bridgehead atoms. The minimum Gasteiger partial charge on any atom is -0.390 e. The van der Waals surface area contributed by atoms with Gasteiger partial charge in [0.25, 0.3) is 5.91 Å². The maximum absolute atomic E-state index is 12.2. The van der Waals surface area contributed by atoms with E-state index in [2.05, 4.69) is 15.5 Å². The van der Waals surface area contributed by atoms with Gasteiger partial charge in [0.2, 0.25) is 0 Å². The molecule has 0 spiro atoms. The maximum atomic E-state index is 12.2. The van der Waals surface area contributed by atoms with Gasteiger partial charge in [0.15, 0.2) is 5.69 Å². The van der Waals surface area contributed by atoms with Crippen LogP contribution >= 0.6 is 0 Å². The van der Waals surface area contributed by atoms with Crippen LogP contribution in [0.1, 0.15) is 42.0 Å². The highest BCUT2D eigenvalue weighted by molar-refractivity contribution is 5.93. The van der Waals surface area contributed by atoms with Gasteiger partial charge in [-0.1, -0.05) is 24.6 Å². The van der Waals surface area contributed by atoms with E-state index < -0.39 is 0 Å². The first-order chi connectivity index (χ1) is 10.0. The SMILES string of the molecule is CCC(C)NC(=O)c1nn(-c2ccc(C)cc2)nc1CO. The van der Waals surface area contributed by atoms with Crippen molar-refractivity contribution in [2.75, 3.05) is 0 Å². The van der Waals surface area contributed by atoms with Gasteiger partial charge in [-0.2, -0.15) is 4.80 Å². The van der Waals surface area contributed by atoms with E-state index in [4.69, 9.17) is 0 Å². The first-order valence-corrected chi connectivity index (χ1v) is 7.00. The number of nitrogens with zero attached hydrogens (tertiary/aromatic N) is 3. The Morgan fingerprint density at radius 1 is 1.33 bits per heavy atom. The van der Waals surface area contributed by atoms with Gasteiger partial charge in [0.1, 0.15) is 5.69 Å². The Balaban J connectivity index is 2.31. The van der Waals surface area contributed by atoms with E-state index in [1.807, 2.05) is 45.0 Å². The number of aliphatic hydroxyl groups excluding tert-OH is 1. The van der Waals surface area contributed by atoms with Gasteiger partial charge in [-0.15, -0.1) is 10.2 Å². The fraction of sp³-hybridized carbons (Fsp3) is 0.400. The molecule has 112 valence electrons. The number of amides is 1. The van der Waals surface area contributed by atoms with Gasteiger partial charge in [-0.3, -0.25) is 4.79 Å². The van der Waals surface area contributed by atoms with Crippen molar-refractivity contribution in [2.24, 2.45) is 0 Å². The van der Waals surface area contributed by atoms with Crippen LogP contribution in [-0.2, 0) is 6.61 Å². The molecule has 2 N–H and O–H groups in total. The van der Waals surface area contributed by atoms with Crippen molar-refractivity contribution in [1.29, 1.82) is 0 Å². The molecule has 21 heavy (non-hydrogen) atoms. The second kappa shape index (κ2) is 6.49. The summed E-state index contributed by atoms with van der Waals surface area (Å²) in [4.78, 5) is 13.5. The van der Waals surface area contributed by atoms with E-state index >= 15 is 0 Å². The molecule has 1 atom stereocenters. The molecule has 0 radical (unpaired) electrons. The molecule has 1 heterocycles. The van der Waals surface area contributed by atoms with Crippen molar-refractivity contribution in [2.45, 2.75) is 39.8 Å². The molecule has 1 unspecified atom stereocenters. The van der Waals surface area contributed by atoms with E-state index in [1.54, 1.807) is 0 Å². The molecule has 0 aliphatic rings. The second-order valence-corrected chi connectivity index (χ2v) is 5.06. The van der Waals surface area contributed by atoms with Crippen molar-refractivity contribution < 1.29 is 9.90 Å². The molecule has 1 aromatic heterocycles. The highest BCUT2D eigenvalue weighted by atomic mass is 16.3. The molecular formula is C15H20N4O2. The second-order valence-electron chi connectivity index (χ2n) is 5.06. The zero-order chi connectivity index (χ0) is 15.4. The lowest BCUT2D eigenvalue weighted by atomic mass is 10.2. The van der Waals surface area contributed by atoms with E-state index in [-0.39, 0.29) is 29.9 Å².